The van der Waals surface area contributed by atoms with E-state index in [1.165, 1.54) is 32.1 Å². The SMILES string of the molecule is CCC(Nc1nccc(OC(C)C)n1)C1CCCCC1. The first-order valence-corrected chi connectivity index (χ1v) is 7.95. The van der Waals surface area contributed by atoms with Gasteiger partial charge in [-0.15, -0.1) is 0 Å². The Kier molecular flexibility index (Phi) is 5.62. The minimum absolute atomic E-state index is 0.137. The van der Waals surface area contributed by atoms with Crippen molar-refractivity contribution in [3.05, 3.63) is 12.3 Å². The van der Waals surface area contributed by atoms with Gasteiger partial charge in [0.05, 0.1) is 6.10 Å². The number of anilines is 1. The first kappa shape index (κ1) is 15.1. The zero-order chi connectivity index (χ0) is 14.4. The Morgan fingerprint density at radius 1 is 1.30 bits per heavy atom. The van der Waals surface area contributed by atoms with Crippen LogP contribution in [0.2, 0.25) is 0 Å². The van der Waals surface area contributed by atoms with Crippen molar-refractivity contribution in [1.29, 1.82) is 0 Å². The quantitative estimate of drug-likeness (QED) is 0.852. The smallest absolute Gasteiger partial charge is 0.226 e. The largest absolute Gasteiger partial charge is 0.475 e. The van der Waals surface area contributed by atoms with E-state index in [-0.39, 0.29) is 6.10 Å². The molecule has 1 aliphatic rings. The second-order valence-electron chi connectivity index (χ2n) is 5.94. The van der Waals surface area contributed by atoms with E-state index in [0.717, 1.165) is 12.3 Å². The van der Waals surface area contributed by atoms with Crippen molar-refractivity contribution in [2.45, 2.75) is 71.4 Å². The van der Waals surface area contributed by atoms with Crippen LogP contribution in [0.4, 0.5) is 5.95 Å². The fraction of sp³-hybridized carbons (Fsp3) is 0.750. The zero-order valence-electron chi connectivity index (χ0n) is 12.9. The van der Waals surface area contributed by atoms with Gasteiger partial charge in [0.15, 0.2) is 0 Å². The first-order valence-electron chi connectivity index (χ1n) is 7.95. The van der Waals surface area contributed by atoms with Gasteiger partial charge >= 0.3 is 0 Å². The maximum Gasteiger partial charge on any atom is 0.226 e. The molecule has 4 heteroatoms. The summed E-state index contributed by atoms with van der Waals surface area (Å²) < 4.78 is 5.62. The Labute approximate surface area is 122 Å². The third kappa shape index (κ3) is 4.36. The Hall–Kier alpha value is -1.32. The Bertz CT molecular complexity index is 402. The molecule has 4 nitrogen and oxygen atoms in total. The Morgan fingerprint density at radius 2 is 2.05 bits per heavy atom. The average molecular weight is 277 g/mol. The minimum atomic E-state index is 0.137. The van der Waals surface area contributed by atoms with Crippen molar-refractivity contribution in [3.8, 4) is 5.88 Å². The van der Waals surface area contributed by atoms with E-state index in [9.17, 15) is 0 Å². The van der Waals surface area contributed by atoms with Gasteiger partial charge in [0, 0.05) is 18.3 Å². The highest BCUT2D eigenvalue weighted by Gasteiger charge is 2.22. The van der Waals surface area contributed by atoms with Crippen LogP contribution in [0.1, 0.15) is 59.3 Å². The molecule has 0 saturated heterocycles. The summed E-state index contributed by atoms with van der Waals surface area (Å²) in [6.45, 7) is 6.25. The second kappa shape index (κ2) is 7.46. The van der Waals surface area contributed by atoms with Gasteiger partial charge in [-0.3, -0.25) is 0 Å². The summed E-state index contributed by atoms with van der Waals surface area (Å²) in [4.78, 5) is 8.78. The molecule has 1 heterocycles. The molecule has 0 spiro atoms. The fourth-order valence-corrected chi connectivity index (χ4v) is 2.97. The van der Waals surface area contributed by atoms with E-state index in [2.05, 4.69) is 22.2 Å². The number of aromatic nitrogens is 2. The molecule has 0 amide bonds. The molecule has 1 aliphatic carbocycles. The lowest BCUT2D eigenvalue weighted by molar-refractivity contribution is 0.232. The molecule has 0 radical (unpaired) electrons. The van der Waals surface area contributed by atoms with E-state index in [0.29, 0.717) is 17.9 Å². The van der Waals surface area contributed by atoms with Crippen molar-refractivity contribution in [2.75, 3.05) is 5.32 Å². The molecule has 20 heavy (non-hydrogen) atoms. The molecule has 1 N–H and O–H groups in total. The van der Waals surface area contributed by atoms with Gasteiger partial charge in [0.25, 0.3) is 0 Å². The standard InChI is InChI=1S/C16H27N3O/c1-4-14(13-8-6-5-7-9-13)18-16-17-11-10-15(19-16)20-12(2)3/h10-14H,4-9H2,1-3H3,(H,17,18,19). The molecule has 1 fully saturated rings. The van der Waals surface area contributed by atoms with Crippen LogP contribution in [0.15, 0.2) is 12.3 Å². The second-order valence-corrected chi connectivity index (χ2v) is 5.94. The van der Waals surface area contributed by atoms with Gasteiger partial charge in [-0.25, -0.2) is 4.98 Å². The van der Waals surface area contributed by atoms with E-state index in [1.807, 2.05) is 19.9 Å². The number of ether oxygens (including phenoxy) is 1. The summed E-state index contributed by atoms with van der Waals surface area (Å²) in [6.07, 6.45) is 9.78. The van der Waals surface area contributed by atoms with Crippen LogP contribution in [0, 0.1) is 5.92 Å². The zero-order valence-corrected chi connectivity index (χ0v) is 12.9. The van der Waals surface area contributed by atoms with Crippen molar-refractivity contribution in [2.24, 2.45) is 5.92 Å². The summed E-state index contributed by atoms with van der Waals surface area (Å²) in [7, 11) is 0. The van der Waals surface area contributed by atoms with Gasteiger partial charge in [0.2, 0.25) is 11.8 Å². The van der Waals surface area contributed by atoms with Gasteiger partial charge in [-0.05, 0) is 39.0 Å². The van der Waals surface area contributed by atoms with E-state index in [4.69, 9.17) is 4.74 Å². The van der Waals surface area contributed by atoms with Gasteiger partial charge < -0.3 is 10.1 Å². The lowest BCUT2D eigenvalue weighted by Gasteiger charge is -2.30. The predicted octanol–water partition coefficient (Wildman–Crippen LogP) is 4.03. The first-order chi connectivity index (χ1) is 9.69. The molecule has 0 aromatic carbocycles. The third-order valence-corrected chi connectivity index (χ3v) is 3.96. The molecule has 2 rings (SSSR count). The number of nitrogens with one attached hydrogen (secondary N) is 1. The number of rotatable bonds is 6. The molecular formula is C16H27N3O. The topological polar surface area (TPSA) is 47.0 Å². The van der Waals surface area contributed by atoms with Crippen molar-refractivity contribution in [1.82, 2.24) is 9.97 Å². The summed E-state index contributed by atoms with van der Waals surface area (Å²) in [5.74, 6) is 2.10. The van der Waals surface area contributed by atoms with Crippen molar-refractivity contribution in [3.63, 3.8) is 0 Å². The van der Waals surface area contributed by atoms with Crippen LogP contribution in [-0.4, -0.2) is 22.1 Å². The molecule has 1 atom stereocenters. The van der Waals surface area contributed by atoms with E-state index >= 15 is 0 Å². The van der Waals surface area contributed by atoms with Gasteiger partial charge in [0.1, 0.15) is 0 Å². The Balaban J connectivity index is 1.99. The minimum Gasteiger partial charge on any atom is -0.475 e. The molecule has 1 unspecified atom stereocenters. The molecule has 0 bridgehead atoms. The summed E-state index contributed by atoms with van der Waals surface area (Å²) in [6, 6.07) is 2.29. The van der Waals surface area contributed by atoms with Crippen molar-refractivity contribution >= 4 is 5.95 Å². The highest BCUT2D eigenvalue weighted by molar-refractivity contribution is 5.29. The van der Waals surface area contributed by atoms with Crippen LogP contribution < -0.4 is 10.1 Å². The summed E-state index contributed by atoms with van der Waals surface area (Å²) >= 11 is 0. The molecular weight excluding hydrogens is 250 g/mol. The van der Waals surface area contributed by atoms with E-state index < -0.39 is 0 Å². The molecule has 1 aromatic rings. The maximum atomic E-state index is 5.62. The number of hydrogen-bond acceptors (Lipinski definition) is 4. The monoisotopic (exact) mass is 277 g/mol. The Morgan fingerprint density at radius 3 is 2.70 bits per heavy atom. The lowest BCUT2D eigenvalue weighted by Crippen LogP contribution is -2.30. The van der Waals surface area contributed by atoms with Crippen LogP contribution in [0.5, 0.6) is 5.88 Å². The lowest BCUT2D eigenvalue weighted by atomic mass is 9.83. The molecule has 0 aliphatic heterocycles. The van der Waals surface area contributed by atoms with E-state index in [1.54, 1.807) is 6.20 Å². The van der Waals surface area contributed by atoms with Crippen molar-refractivity contribution < 1.29 is 4.74 Å². The maximum absolute atomic E-state index is 5.62. The average Bonchev–Trinajstić information content (AvgIpc) is 2.45. The summed E-state index contributed by atoms with van der Waals surface area (Å²) in [5.41, 5.74) is 0. The highest BCUT2D eigenvalue weighted by Crippen LogP contribution is 2.29. The third-order valence-electron chi connectivity index (χ3n) is 3.96. The molecule has 1 saturated carbocycles. The number of hydrogen-bond donors (Lipinski definition) is 1. The molecule has 1 aromatic heterocycles. The highest BCUT2D eigenvalue weighted by atomic mass is 16.5. The van der Waals surface area contributed by atoms with Crippen LogP contribution in [0.25, 0.3) is 0 Å². The van der Waals surface area contributed by atoms with Crippen LogP contribution in [-0.2, 0) is 0 Å². The van der Waals surface area contributed by atoms with Gasteiger partial charge in [-0.2, -0.15) is 4.98 Å². The van der Waals surface area contributed by atoms with Crippen LogP contribution in [0.3, 0.4) is 0 Å². The summed E-state index contributed by atoms with van der Waals surface area (Å²) in [5, 5.41) is 3.51. The predicted molar refractivity (Wildman–Crippen MR) is 82.1 cm³/mol. The number of nitrogens with zero attached hydrogens (tertiary/aromatic N) is 2. The van der Waals surface area contributed by atoms with Crippen LogP contribution >= 0.6 is 0 Å². The molecule has 112 valence electrons. The van der Waals surface area contributed by atoms with Gasteiger partial charge in [-0.1, -0.05) is 26.2 Å². The fourth-order valence-electron chi connectivity index (χ4n) is 2.97. The normalized spacial score (nSPS) is 18.0.